The fraction of sp³-hybridized carbons (Fsp3) is 0.348. The molecule has 0 spiro atoms. The van der Waals surface area contributed by atoms with Crippen LogP contribution in [0.25, 0.3) is 0 Å². The number of benzene rings is 2. The van der Waals surface area contributed by atoms with Crippen LogP contribution in [0.3, 0.4) is 0 Å². The summed E-state index contributed by atoms with van der Waals surface area (Å²) >= 11 is 5.88. The predicted octanol–water partition coefficient (Wildman–Crippen LogP) is 4.02. The van der Waals surface area contributed by atoms with E-state index in [9.17, 15) is 14.4 Å². The fourth-order valence-corrected chi connectivity index (χ4v) is 3.11. The Labute approximate surface area is 181 Å². The molecule has 3 amide bonds. The van der Waals surface area contributed by atoms with Crippen molar-refractivity contribution in [2.24, 2.45) is 5.92 Å². The summed E-state index contributed by atoms with van der Waals surface area (Å²) in [4.78, 5) is 37.8. The zero-order valence-electron chi connectivity index (χ0n) is 17.1. The molecule has 2 aromatic carbocycles. The molecule has 0 bridgehead atoms. The van der Waals surface area contributed by atoms with Gasteiger partial charge in [-0.05, 0) is 61.2 Å². The van der Waals surface area contributed by atoms with Gasteiger partial charge in [0.05, 0.1) is 0 Å². The van der Waals surface area contributed by atoms with E-state index in [2.05, 4.69) is 16.0 Å². The van der Waals surface area contributed by atoms with E-state index in [0.29, 0.717) is 28.3 Å². The van der Waals surface area contributed by atoms with Gasteiger partial charge in [0.2, 0.25) is 5.91 Å². The average Bonchev–Trinajstić information content (AvgIpc) is 3.55. The molecule has 3 rings (SSSR count). The largest absolute Gasteiger partial charge is 0.349 e. The van der Waals surface area contributed by atoms with E-state index in [1.54, 1.807) is 48.5 Å². The molecule has 1 fully saturated rings. The summed E-state index contributed by atoms with van der Waals surface area (Å²) in [5.41, 5.74) is 1.43. The van der Waals surface area contributed by atoms with Crippen LogP contribution in [0.2, 0.25) is 5.02 Å². The Morgan fingerprint density at radius 1 is 1.03 bits per heavy atom. The van der Waals surface area contributed by atoms with E-state index >= 15 is 0 Å². The van der Waals surface area contributed by atoms with Crippen molar-refractivity contribution in [3.63, 3.8) is 0 Å². The van der Waals surface area contributed by atoms with Crippen LogP contribution in [0.4, 0.5) is 5.69 Å². The predicted molar refractivity (Wildman–Crippen MR) is 118 cm³/mol. The number of rotatable bonds is 8. The molecule has 158 valence electrons. The Kier molecular flexibility index (Phi) is 7.11. The molecular formula is C23H26ClN3O3. The molecule has 2 unspecified atom stereocenters. The summed E-state index contributed by atoms with van der Waals surface area (Å²) in [7, 11) is 0. The van der Waals surface area contributed by atoms with Gasteiger partial charge in [-0.1, -0.05) is 37.9 Å². The van der Waals surface area contributed by atoms with Gasteiger partial charge in [-0.3, -0.25) is 14.4 Å². The number of amides is 3. The molecule has 2 atom stereocenters. The first-order valence-electron chi connectivity index (χ1n) is 10.2. The summed E-state index contributed by atoms with van der Waals surface area (Å²) in [6, 6.07) is 12.8. The lowest BCUT2D eigenvalue weighted by Gasteiger charge is -2.23. The molecule has 6 nitrogen and oxygen atoms in total. The first kappa shape index (κ1) is 21.8. The third-order valence-corrected chi connectivity index (χ3v) is 5.45. The van der Waals surface area contributed by atoms with Gasteiger partial charge in [0.1, 0.15) is 6.04 Å². The van der Waals surface area contributed by atoms with E-state index in [-0.39, 0.29) is 29.7 Å². The van der Waals surface area contributed by atoms with Gasteiger partial charge in [0, 0.05) is 27.9 Å². The van der Waals surface area contributed by atoms with Gasteiger partial charge < -0.3 is 16.0 Å². The molecule has 1 saturated carbocycles. The number of anilines is 1. The Hall–Kier alpha value is -2.86. The first-order valence-corrected chi connectivity index (χ1v) is 10.5. The zero-order valence-corrected chi connectivity index (χ0v) is 17.8. The third kappa shape index (κ3) is 5.83. The maximum atomic E-state index is 13.0. The van der Waals surface area contributed by atoms with Crippen molar-refractivity contribution in [3.05, 3.63) is 64.7 Å². The van der Waals surface area contributed by atoms with E-state index in [4.69, 9.17) is 11.6 Å². The highest BCUT2D eigenvalue weighted by Crippen LogP contribution is 2.20. The number of carbonyl (C=O) groups excluding carboxylic acids is 3. The lowest BCUT2D eigenvalue weighted by atomic mass is 9.97. The van der Waals surface area contributed by atoms with E-state index in [0.717, 1.165) is 12.8 Å². The van der Waals surface area contributed by atoms with Crippen molar-refractivity contribution in [3.8, 4) is 0 Å². The third-order valence-electron chi connectivity index (χ3n) is 5.19. The lowest BCUT2D eigenvalue weighted by Crippen LogP contribution is -2.47. The van der Waals surface area contributed by atoms with Gasteiger partial charge in [-0.2, -0.15) is 0 Å². The quantitative estimate of drug-likeness (QED) is 0.594. The Morgan fingerprint density at radius 2 is 1.73 bits per heavy atom. The van der Waals surface area contributed by atoms with Crippen molar-refractivity contribution in [2.45, 2.75) is 45.2 Å². The van der Waals surface area contributed by atoms with Gasteiger partial charge in [0.25, 0.3) is 11.8 Å². The van der Waals surface area contributed by atoms with Crippen LogP contribution in [0.5, 0.6) is 0 Å². The second-order valence-electron chi connectivity index (χ2n) is 7.66. The number of halogens is 1. The smallest absolute Gasteiger partial charge is 0.251 e. The standard InChI is InChI=1S/C23H26ClN3O3/c1-3-14(2)20(27-21(28)15-7-9-17(24)10-8-15)23(30)26-19-6-4-5-16(13-19)22(29)25-18-11-12-18/h4-10,13-14,18,20H,3,11-12H2,1-2H3,(H,25,29)(H,26,30)(H,27,28). The zero-order chi connectivity index (χ0) is 21.7. The second-order valence-corrected chi connectivity index (χ2v) is 8.10. The Morgan fingerprint density at radius 3 is 2.37 bits per heavy atom. The van der Waals surface area contributed by atoms with Crippen molar-refractivity contribution in [1.82, 2.24) is 10.6 Å². The van der Waals surface area contributed by atoms with Crippen LogP contribution in [0.1, 0.15) is 53.8 Å². The van der Waals surface area contributed by atoms with Crippen molar-refractivity contribution < 1.29 is 14.4 Å². The molecule has 3 N–H and O–H groups in total. The number of nitrogens with one attached hydrogen (secondary N) is 3. The van der Waals surface area contributed by atoms with Crippen LogP contribution in [-0.4, -0.2) is 29.8 Å². The average molecular weight is 428 g/mol. The van der Waals surface area contributed by atoms with Gasteiger partial charge in [0.15, 0.2) is 0 Å². The summed E-state index contributed by atoms with van der Waals surface area (Å²) in [6.07, 6.45) is 2.72. The molecule has 30 heavy (non-hydrogen) atoms. The number of hydrogen-bond acceptors (Lipinski definition) is 3. The van der Waals surface area contributed by atoms with Crippen LogP contribution in [-0.2, 0) is 4.79 Å². The Balaban J connectivity index is 1.70. The maximum Gasteiger partial charge on any atom is 0.251 e. The van der Waals surface area contributed by atoms with Gasteiger partial charge in [-0.25, -0.2) is 0 Å². The first-order chi connectivity index (χ1) is 14.4. The van der Waals surface area contributed by atoms with Gasteiger partial charge >= 0.3 is 0 Å². The minimum atomic E-state index is -0.720. The second kappa shape index (κ2) is 9.76. The molecule has 0 radical (unpaired) electrons. The number of hydrogen-bond donors (Lipinski definition) is 3. The highest BCUT2D eigenvalue weighted by Gasteiger charge is 2.27. The molecular weight excluding hydrogens is 402 g/mol. The van der Waals surface area contributed by atoms with Crippen molar-refractivity contribution >= 4 is 35.0 Å². The van der Waals surface area contributed by atoms with E-state index in [1.807, 2.05) is 13.8 Å². The highest BCUT2D eigenvalue weighted by molar-refractivity contribution is 6.30. The summed E-state index contributed by atoms with van der Waals surface area (Å²) in [5, 5.41) is 9.12. The van der Waals surface area contributed by atoms with Crippen LogP contribution >= 0.6 is 11.6 Å². The normalized spacial score (nSPS) is 15.0. The molecule has 0 aromatic heterocycles. The summed E-state index contributed by atoms with van der Waals surface area (Å²) in [6.45, 7) is 3.87. The molecule has 1 aliphatic rings. The monoisotopic (exact) mass is 427 g/mol. The minimum Gasteiger partial charge on any atom is -0.349 e. The molecule has 0 heterocycles. The highest BCUT2D eigenvalue weighted by atomic mass is 35.5. The fourth-order valence-electron chi connectivity index (χ4n) is 2.98. The minimum absolute atomic E-state index is 0.0809. The SMILES string of the molecule is CCC(C)C(NC(=O)c1ccc(Cl)cc1)C(=O)Nc1cccc(C(=O)NC2CC2)c1. The molecule has 2 aromatic rings. The van der Waals surface area contributed by atoms with Crippen LogP contribution in [0, 0.1) is 5.92 Å². The summed E-state index contributed by atoms with van der Waals surface area (Å²) in [5.74, 6) is -0.901. The van der Waals surface area contributed by atoms with Crippen LogP contribution in [0.15, 0.2) is 48.5 Å². The Bertz CT molecular complexity index is 926. The molecule has 7 heteroatoms. The number of carbonyl (C=O) groups is 3. The van der Waals surface area contributed by atoms with Crippen molar-refractivity contribution in [1.29, 1.82) is 0 Å². The van der Waals surface area contributed by atoms with Crippen molar-refractivity contribution in [2.75, 3.05) is 5.32 Å². The van der Waals surface area contributed by atoms with E-state index < -0.39 is 6.04 Å². The van der Waals surface area contributed by atoms with E-state index in [1.165, 1.54) is 0 Å². The van der Waals surface area contributed by atoms with Crippen LogP contribution < -0.4 is 16.0 Å². The molecule has 0 saturated heterocycles. The molecule has 1 aliphatic carbocycles. The topological polar surface area (TPSA) is 87.3 Å². The van der Waals surface area contributed by atoms with Gasteiger partial charge in [-0.15, -0.1) is 0 Å². The molecule has 0 aliphatic heterocycles. The maximum absolute atomic E-state index is 13.0. The summed E-state index contributed by atoms with van der Waals surface area (Å²) < 4.78 is 0. The lowest BCUT2D eigenvalue weighted by molar-refractivity contribution is -0.119.